The Labute approximate surface area is 138 Å². The molecule has 1 amide bonds. The average Bonchev–Trinajstić information content (AvgIpc) is 3.20. The normalized spacial score (nSPS) is 10.5. The fourth-order valence-corrected chi connectivity index (χ4v) is 2.88. The van der Waals surface area contributed by atoms with E-state index in [1.165, 1.54) is 11.3 Å². The zero-order chi connectivity index (χ0) is 16.1. The van der Waals surface area contributed by atoms with Crippen LogP contribution in [0.2, 0.25) is 0 Å². The third-order valence-electron chi connectivity index (χ3n) is 3.24. The van der Waals surface area contributed by atoms with Gasteiger partial charge in [0.2, 0.25) is 0 Å². The number of benzene rings is 1. The van der Waals surface area contributed by atoms with E-state index in [0.29, 0.717) is 29.5 Å². The quantitative estimate of drug-likeness (QED) is 0.753. The number of hydrogen-bond donors (Lipinski definition) is 1. The first-order valence-electron chi connectivity index (χ1n) is 7.29. The van der Waals surface area contributed by atoms with Crippen molar-refractivity contribution in [1.29, 1.82) is 0 Å². The molecule has 0 radical (unpaired) electrons. The first kappa shape index (κ1) is 15.3. The number of aryl methyl sites for hydroxylation is 1. The van der Waals surface area contributed by atoms with E-state index in [-0.39, 0.29) is 5.91 Å². The van der Waals surface area contributed by atoms with Gasteiger partial charge in [-0.1, -0.05) is 12.1 Å². The fourth-order valence-electron chi connectivity index (χ4n) is 2.12. The Morgan fingerprint density at radius 2 is 2.13 bits per heavy atom. The number of anilines is 1. The first-order chi connectivity index (χ1) is 11.2. The zero-order valence-corrected chi connectivity index (χ0v) is 13.5. The molecular formula is C17H17N3O2S. The number of carbonyl (C=O) groups is 1. The predicted molar refractivity (Wildman–Crippen MR) is 91.2 cm³/mol. The van der Waals surface area contributed by atoms with Crippen LogP contribution in [0.5, 0.6) is 5.75 Å². The van der Waals surface area contributed by atoms with Gasteiger partial charge in [0, 0.05) is 17.3 Å². The third kappa shape index (κ3) is 3.98. The standard InChI is InChI=1S/C17H17N3O2S/c1-13-7-8-16(23-13)17(21)19-14-5-2-3-6-15(14)22-12-11-20-10-4-9-18-20/h2-10H,11-12H2,1H3,(H,19,21). The predicted octanol–water partition coefficient (Wildman–Crippen LogP) is 3.58. The van der Waals surface area contributed by atoms with Crippen molar-refractivity contribution in [2.45, 2.75) is 13.5 Å². The van der Waals surface area contributed by atoms with Crippen LogP contribution < -0.4 is 10.1 Å². The number of para-hydroxylation sites is 2. The molecule has 0 atom stereocenters. The van der Waals surface area contributed by atoms with E-state index in [2.05, 4.69) is 10.4 Å². The smallest absolute Gasteiger partial charge is 0.265 e. The lowest BCUT2D eigenvalue weighted by atomic mass is 10.3. The van der Waals surface area contributed by atoms with Gasteiger partial charge in [-0.3, -0.25) is 9.48 Å². The molecule has 0 saturated carbocycles. The summed E-state index contributed by atoms with van der Waals surface area (Å²) in [6.45, 7) is 3.11. The van der Waals surface area contributed by atoms with E-state index in [1.54, 1.807) is 10.9 Å². The van der Waals surface area contributed by atoms with Crippen LogP contribution in [0.25, 0.3) is 0 Å². The Kier molecular flexibility index (Phi) is 4.73. The van der Waals surface area contributed by atoms with Crippen LogP contribution in [0.4, 0.5) is 5.69 Å². The summed E-state index contributed by atoms with van der Waals surface area (Å²) in [5, 5.41) is 7.04. The summed E-state index contributed by atoms with van der Waals surface area (Å²) >= 11 is 1.47. The van der Waals surface area contributed by atoms with E-state index in [0.717, 1.165) is 4.88 Å². The number of nitrogens with zero attached hydrogens (tertiary/aromatic N) is 2. The van der Waals surface area contributed by atoms with Gasteiger partial charge >= 0.3 is 0 Å². The van der Waals surface area contributed by atoms with Gasteiger partial charge in [0.15, 0.2) is 0 Å². The number of hydrogen-bond acceptors (Lipinski definition) is 4. The molecule has 0 spiro atoms. The van der Waals surface area contributed by atoms with Gasteiger partial charge in [-0.15, -0.1) is 11.3 Å². The average molecular weight is 327 g/mol. The van der Waals surface area contributed by atoms with E-state index in [4.69, 9.17) is 4.74 Å². The molecule has 1 N–H and O–H groups in total. The van der Waals surface area contributed by atoms with E-state index < -0.39 is 0 Å². The van der Waals surface area contributed by atoms with Gasteiger partial charge in [0.25, 0.3) is 5.91 Å². The SMILES string of the molecule is Cc1ccc(C(=O)Nc2ccccc2OCCn2cccn2)s1. The van der Waals surface area contributed by atoms with Gasteiger partial charge < -0.3 is 10.1 Å². The maximum Gasteiger partial charge on any atom is 0.265 e. The van der Waals surface area contributed by atoms with Crippen LogP contribution in [0.15, 0.2) is 54.9 Å². The Balaban J connectivity index is 1.64. The molecule has 0 aliphatic carbocycles. The molecular weight excluding hydrogens is 310 g/mol. The van der Waals surface area contributed by atoms with Crippen molar-refractivity contribution in [2.75, 3.05) is 11.9 Å². The lowest BCUT2D eigenvalue weighted by molar-refractivity contribution is 0.103. The van der Waals surface area contributed by atoms with Crippen molar-refractivity contribution < 1.29 is 9.53 Å². The monoisotopic (exact) mass is 327 g/mol. The van der Waals surface area contributed by atoms with Crippen LogP contribution in [0.1, 0.15) is 14.5 Å². The summed E-state index contributed by atoms with van der Waals surface area (Å²) < 4.78 is 7.58. The van der Waals surface area contributed by atoms with Crippen LogP contribution in [-0.4, -0.2) is 22.3 Å². The van der Waals surface area contributed by atoms with Crippen molar-refractivity contribution in [1.82, 2.24) is 9.78 Å². The second kappa shape index (κ2) is 7.11. The topological polar surface area (TPSA) is 56.1 Å². The number of aromatic nitrogens is 2. The highest BCUT2D eigenvalue weighted by Crippen LogP contribution is 2.25. The van der Waals surface area contributed by atoms with Crippen molar-refractivity contribution >= 4 is 22.9 Å². The molecule has 6 heteroatoms. The molecule has 5 nitrogen and oxygen atoms in total. The summed E-state index contributed by atoms with van der Waals surface area (Å²) in [5.41, 5.74) is 0.670. The Hall–Kier alpha value is -2.60. The highest BCUT2D eigenvalue weighted by Gasteiger charge is 2.11. The largest absolute Gasteiger partial charge is 0.489 e. The minimum absolute atomic E-state index is 0.119. The van der Waals surface area contributed by atoms with Gasteiger partial charge in [-0.2, -0.15) is 5.10 Å². The summed E-state index contributed by atoms with van der Waals surface area (Å²) in [5.74, 6) is 0.535. The van der Waals surface area contributed by atoms with Crippen molar-refractivity contribution in [3.63, 3.8) is 0 Å². The Bertz CT molecular complexity index is 781. The van der Waals surface area contributed by atoms with Crippen molar-refractivity contribution in [3.05, 3.63) is 64.6 Å². The second-order valence-corrected chi connectivity index (χ2v) is 6.27. The molecule has 0 aliphatic rings. The van der Waals surface area contributed by atoms with Crippen molar-refractivity contribution in [2.24, 2.45) is 0 Å². The molecule has 2 heterocycles. The molecule has 0 aliphatic heterocycles. The van der Waals surface area contributed by atoms with E-state index in [1.807, 2.05) is 55.6 Å². The minimum atomic E-state index is -0.119. The molecule has 1 aromatic carbocycles. The number of amides is 1. The van der Waals surface area contributed by atoms with Crippen LogP contribution in [-0.2, 0) is 6.54 Å². The minimum Gasteiger partial charge on any atom is -0.489 e. The van der Waals surface area contributed by atoms with Crippen LogP contribution in [0, 0.1) is 6.92 Å². The molecule has 0 unspecified atom stereocenters. The molecule has 3 aromatic rings. The maximum absolute atomic E-state index is 12.3. The molecule has 0 fully saturated rings. The molecule has 0 bridgehead atoms. The number of rotatable bonds is 6. The molecule has 23 heavy (non-hydrogen) atoms. The molecule has 3 rings (SSSR count). The molecule has 2 aromatic heterocycles. The Morgan fingerprint density at radius 3 is 2.87 bits per heavy atom. The van der Waals surface area contributed by atoms with Crippen molar-refractivity contribution in [3.8, 4) is 5.75 Å². The fraction of sp³-hybridized carbons (Fsp3) is 0.176. The number of nitrogens with one attached hydrogen (secondary N) is 1. The van der Waals surface area contributed by atoms with Gasteiger partial charge in [0.05, 0.1) is 17.1 Å². The molecule has 0 saturated heterocycles. The van der Waals surface area contributed by atoms with E-state index in [9.17, 15) is 4.79 Å². The van der Waals surface area contributed by atoms with Gasteiger partial charge in [-0.05, 0) is 37.3 Å². The molecule has 118 valence electrons. The maximum atomic E-state index is 12.3. The highest BCUT2D eigenvalue weighted by molar-refractivity contribution is 7.14. The number of ether oxygens (including phenoxy) is 1. The zero-order valence-electron chi connectivity index (χ0n) is 12.7. The third-order valence-corrected chi connectivity index (χ3v) is 4.24. The number of thiophene rings is 1. The first-order valence-corrected chi connectivity index (χ1v) is 8.11. The lowest BCUT2D eigenvalue weighted by Gasteiger charge is -2.12. The van der Waals surface area contributed by atoms with E-state index >= 15 is 0 Å². The summed E-state index contributed by atoms with van der Waals surface area (Å²) in [6.07, 6.45) is 3.62. The van der Waals surface area contributed by atoms with Crippen LogP contribution in [0.3, 0.4) is 0 Å². The summed E-state index contributed by atoms with van der Waals surface area (Å²) in [6, 6.07) is 13.1. The highest BCUT2D eigenvalue weighted by atomic mass is 32.1. The van der Waals surface area contributed by atoms with Gasteiger partial charge in [0.1, 0.15) is 12.4 Å². The Morgan fingerprint density at radius 1 is 1.26 bits per heavy atom. The summed E-state index contributed by atoms with van der Waals surface area (Å²) in [4.78, 5) is 14.1. The summed E-state index contributed by atoms with van der Waals surface area (Å²) in [7, 11) is 0. The van der Waals surface area contributed by atoms with Gasteiger partial charge in [-0.25, -0.2) is 0 Å². The van der Waals surface area contributed by atoms with Crippen LogP contribution >= 0.6 is 11.3 Å². The second-order valence-electron chi connectivity index (χ2n) is 4.98. The lowest BCUT2D eigenvalue weighted by Crippen LogP contribution is -2.13. The number of carbonyl (C=O) groups excluding carboxylic acids is 1.